The molecule has 1 rings (SSSR count). The molecule has 0 bridgehead atoms. The molecule has 0 aromatic carbocycles. The predicted octanol–water partition coefficient (Wildman–Crippen LogP) is 0.278. The Labute approximate surface area is 96.5 Å². The number of hydrogen-bond acceptors (Lipinski definition) is 2. The summed E-state index contributed by atoms with van der Waals surface area (Å²) in [5.41, 5.74) is 0. The fourth-order valence-corrected chi connectivity index (χ4v) is 1.89. The first kappa shape index (κ1) is 12.7. The van der Waals surface area contributed by atoms with Gasteiger partial charge in [-0.2, -0.15) is 0 Å². The number of carbonyl (C=O) groups excluding carboxylic acids is 1. The lowest BCUT2D eigenvalue weighted by atomic mass is 10.3. The van der Waals surface area contributed by atoms with Crippen LogP contribution in [-0.4, -0.2) is 10.5 Å². The zero-order valence-corrected chi connectivity index (χ0v) is 10.1. The van der Waals surface area contributed by atoms with Crippen molar-refractivity contribution in [1.29, 1.82) is 0 Å². The predicted molar refractivity (Wildman–Crippen MR) is 58.5 cm³/mol. The number of carbonyl (C=O) groups is 1. The van der Waals surface area contributed by atoms with Crippen LogP contribution in [0.25, 0.3) is 0 Å². The highest BCUT2D eigenvalue weighted by Gasteiger charge is 2.14. The second-order valence-corrected chi connectivity index (χ2v) is 3.92. The van der Waals surface area contributed by atoms with Gasteiger partial charge >= 0.3 is 0 Å². The quantitative estimate of drug-likeness (QED) is 0.625. The first-order valence-electron chi connectivity index (χ1n) is 5.96. The maximum absolute atomic E-state index is 10.3. The molecule has 0 aliphatic carbocycles. The van der Waals surface area contributed by atoms with Gasteiger partial charge in [0.05, 0.1) is 13.1 Å². The number of aromatic nitrogens is 2. The van der Waals surface area contributed by atoms with E-state index >= 15 is 0 Å². The van der Waals surface area contributed by atoms with Gasteiger partial charge in [0.25, 0.3) is 5.82 Å². The molecular formula is C12H20N2O2. The van der Waals surface area contributed by atoms with Crippen molar-refractivity contribution in [3.63, 3.8) is 0 Å². The number of aryl methyl sites for hydroxylation is 2. The highest BCUT2D eigenvalue weighted by molar-refractivity contribution is 5.63. The van der Waals surface area contributed by atoms with Gasteiger partial charge in [-0.1, -0.05) is 6.92 Å². The largest absolute Gasteiger partial charge is 0.550 e. The molecule has 0 spiro atoms. The minimum absolute atomic E-state index is 0.135. The van der Waals surface area contributed by atoms with Gasteiger partial charge in [-0.25, -0.2) is 9.13 Å². The average molecular weight is 224 g/mol. The van der Waals surface area contributed by atoms with E-state index in [0.717, 1.165) is 25.9 Å². The van der Waals surface area contributed by atoms with Gasteiger partial charge in [0.1, 0.15) is 12.4 Å². The Morgan fingerprint density at radius 3 is 2.81 bits per heavy atom. The highest BCUT2D eigenvalue weighted by atomic mass is 16.4. The molecule has 0 radical (unpaired) electrons. The van der Waals surface area contributed by atoms with E-state index in [9.17, 15) is 9.90 Å². The van der Waals surface area contributed by atoms with Crippen LogP contribution >= 0.6 is 0 Å². The van der Waals surface area contributed by atoms with E-state index in [1.165, 1.54) is 5.82 Å². The molecule has 90 valence electrons. The Balaban J connectivity index is 2.63. The van der Waals surface area contributed by atoms with Gasteiger partial charge in [-0.3, -0.25) is 0 Å². The fourth-order valence-electron chi connectivity index (χ4n) is 1.89. The summed E-state index contributed by atoms with van der Waals surface area (Å²) in [4.78, 5) is 10.3. The molecule has 4 nitrogen and oxygen atoms in total. The summed E-state index contributed by atoms with van der Waals surface area (Å²) >= 11 is 0. The molecule has 0 saturated heterocycles. The summed E-state index contributed by atoms with van der Waals surface area (Å²) in [6, 6.07) is 0. The third kappa shape index (κ3) is 3.36. The van der Waals surface area contributed by atoms with Crippen LogP contribution in [0.1, 0.15) is 38.9 Å². The molecule has 0 aliphatic heterocycles. The minimum Gasteiger partial charge on any atom is -0.550 e. The molecule has 0 N–H and O–H groups in total. The molecule has 4 heteroatoms. The first-order valence-corrected chi connectivity index (χ1v) is 5.96. The molecule has 0 fully saturated rings. The molecule has 1 aromatic rings. The summed E-state index contributed by atoms with van der Waals surface area (Å²) in [5.74, 6) is 0.316. The number of carboxylic acids is 1. The lowest BCUT2D eigenvalue weighted by molar-refractivity contribution is -0.704. The SMILES string of the molecule is CCCc1n(CC)cc[n+]1CCCC(=O)[O-]. The van der Waals surface area contributed by atoms with Gasteiger partial charge < -0.3 is 9.90 Å². The van der Waals surface area contributed by atoms with Crippen molar-refractivity contribution in [2.75, 3.05) is 0 Å². The number of nitrogens with zero attached hydrogens (tertiary/aromatic N) is 2. The van der Waals surface area contributed by atoms with Gasteiger partial charge in [-0.15, -0.1) is 0 Å². The Hall–Kier alpha value is -1.32. The summed E-state index contributed by atoms with van der Waals surface area (Å²) in [6.07, 6.45) is 7.00. The van der Waals surface area contributed by atoms with Gasteiger partial charge in [0, 0.05) is 12.4 Å². The Bertz CT molecular complexity index is 345. The van der Waals surface area contributed by atoms with Crippen molar-refractivity contribution in [2.24, 2.45) is 0 Å². The Morgan fingerprint density at radius 2 is 2.25 bits per heavy atom. The number of imidazole rings is 1. The topological polar surface area (TPSA) is 48.9 Å². The maximum Gasteiger partial charge on any atom is 0.256 e. The molecule has 1 heterocycles. The number of rotatable bonds is 7. The minimum atomic E-state index is -0.965. The van der Waals surface area contributed by atoms with Crippen molar-refractivity contribution in [3.05, 3.63) is 18.2 Å². The molecule has 0 saturated carbocycles. The zero-order chi connectivity index (χ0) is 12.0. The number of carboxylic acid groups (broad SMARTS) is 1. The number of aliphatic carboxylic acids is 1. The Morgan fingerprint density at radius 1 is 1.50 bits per heavy atom. The molecule has 0 unspecified atom stereocenters. The van der Waals surface area contributed by atoms with Crippen LogP contribution in [0.2, 0.25) is 0 Å². The van der Waals surface area contributed by atoms with E-state index in [2.05, 4.69) is 29.2 Å². The van der Waals surface area contributed by atoms with Crippen LogP contribution in [0.5, 0.6) is 0 Å². The smallest absolute Gasteiger partial charge is 0.256 e. The van der Waals surface area contributed by atoms with E-state index < -0.39 is 5.97 Å². The van der Waals surface area contributed by atoms with Crippen LogP contribution in [0, 0.1) is 0 Å². The van der Waals surface area contributed by atoms with Crippen LogP contribution < -0.4 is 9.67 Å². The van der Waals surface area contributed by atoms with Gasteiger partial charge in [-0.05, 0) is 26.2 Å². The zero-order valence-electron chi connectivity index (χ0n) is 10.1. The van der Waals surface area contributed by atoms with E-state index in [-0.39, 0.29) is 6.42 Å². The van der Waals surface area contributed by atoms with Crippen LogP contribution in [-0.2, 0) is 24.3 Å². The Kier molecular flexibility index (Phi) is 5.02. The lowest BCUT2D eigenvalue weighted by Gasteiger charge is -2.03. The van der Waals surface area contributed by atoms with E-state index in [1.807, 2.05) is 6.20 Å². The van der Waals surface area contributed by atoms with Gasteiger partial charge in [0.15, 0.2) is 0 Å². The molecule has 1 aromatic heterocycles. The summed E-state index contributed by atoms with van der Waals surface area (Å²) in [7, 11) is 0. The second kappa shape index (κ2) is 6.30. The normalized spacial score (nSPS) is 10.6. The summed E-state index contributed by atoms with van der Waals surface area (Å²) in [5, 5.41) is 10.3. The molecular weight excluding hydrogens is 204 g/mol. The van der Waals surface area contributed by atoms with E-state index in [4.69, 9.17) is 0 Å². The van der Waals surface area contributed by atoms with E-state index in [0.29, 0.717) is 6.42 Å². The van der Waals surface area contributed by atoms with Crippen LogP contribution in [0.3, 0.4) is 0 Å². The first-order chi connectivity index (χ1) is 7.69. The van der Waals surface area contributed by atoms with Crippen LogP contribution in [0.4, 0.5) is 0 Å². The highest BCUT2D eigenvalue weighted by Crippen LogP contribution is 2.00. The third-order valence-electron chi connectivity index (χ3n) is 2.68. The molecule has 0 aliphatic rings. The lowest BCUT2D eigenvalue weighted by Crippen LogP contribution is -2.38. The molecule has 0 amide bonds. The summed E-state index contributed by atoms with van der Waals surface area (Å²) in [6.45, 7) is 5.99. The molecule has 0 atom stereocenters. The standard InChI is InChI=1S/C12H20N2O2/c1-3-6-11-13(4-2)9-10-14(11)8-5-7-12(15)16/h9-10H,3-8H2,1-2H3. The number of hydrogen-bond donors (Lipinski definition) is 0. The maximum atomic E-state index is 10.3. The van der Waals surface area contributed by atoms with Crippen molar-refractivity contribution < 1.29 is 14.5 Å². The van der Waals surface area contributed by atoms with Crippen molar-refractivity contribution in [2.45, 2.75) is 52.6 Å². The van der Waals surface area contributed by atoms with Gasteiger partial charge in [0.2, 0.25) is 0 Å². The van der Waals surface area contributed by atoms with Crippen LogP contribution in [0.15, 0.2) is 12.4 Å². The van der Waals surface area contributed by atoms with Crippen molar-refractivity contribution in [3.8, 4) is 0 Å². The third-order valence-corrected chi connectivity index (χ3v) is 2.68. The monoisotopic (exact) mass is 224 g/mol. The average Bonchev–Trinajstić information content (AvgIpc) is 2.61. The van der Waals surface area contributed by atoms with Crippen molar-refractivity contribution >= 4 is 5.97 Å². The van der Waals surface area contributed by atoms with Crippen molar-refractivity contribution in [1.82, 2.24) is 4.57 Å². The molecule has 16 heavy (non-hydrogen) atoms. The van der Waals surface area contributed by atoms with E-state index in [1.54, 1.807) is 0 Å². The summed E-state index contributed by atoms with van der Waals surface area (Å²) < 4.78 is 4.36. The second-order valence-electron chi connectivity index (χ2n) is 3.92. The fraction of sp³-hybridized carbons (Fsp3) is 0.667.